The lowest BCUT2D eigenvalue weighted by Gasteiger charge is -2.07. The van der Waals surface area contributed by atoms with Gasteiger partial charge in [-0.15, -0.1) is 5.10 Å². The Balaban J connectivity index is 2.61. The third kappa shape index (κ3) is 4.82. The van der Waals surface area contributed by atoms with Gasteiger partial charge in [0.05, 0.1) is 5.75 Å². The third-order valence-corrected chi connectivity index (χ3v) is 2.85. The van der Waals surface area contributed by atoms with Gasteiger partial charge in [-0.3, -0.25) is 9.36 Å². The monoisotopic (exact) mass is 285 g/mol. The van der Waals surface area contributed by atoms with Gasteiger partial charge in [0.1, 0.15) is 0 Å². The summed E-state index contributed by atoms with van der Waals surface area (Å²) in [5.41, 5.74) is -0.648. The third-order valence-electron chi connectivity index (χ3n) is 1.89. The molecule has 0 atom stereocenters. The maximum atomic E-state index is 11.9. The predicted molar refractivity (Wildman–Crippen MR) is 56.5 cm³/mol. The molecule has 0 bridgehead atoms. The van der Waals surface area contributed by atoms with Crippen molar-refractivity contribution in [2.45, 2.75) is 30.7 Å². The van der Waals surface area contributed by atoms with Crippen molar-refractivity contribution in [2.24, 2.45) is 0 Å². The second-order valence-electron chi connectivity index (χ2n) is 3.36. The minimum atomic E-state index is -4.28. The number of aliphatic carboxylic acids is 1. The molecule has 2 N–H and O–H groups in total. The smallest absolute Gasteiger partial charge is 0.389 e. The highest BCUT2D eigenvalue weighted by Crippen LogP contribution is 2.22. The molecule has 0 radical (unpaired) electrons. The maximum Gasteiger partial charge on any atom is 0.389 e. The predicted octanol–water partition coefficient (Wildman–Crippen LogP) is 1.09. The van der Waals surface area contributed by atoms with Crippen molar-refractivity contribution in [1.82, 2.24) is 14.8 Å². The molecule has 10 heteroatoms. The number of aromatic amines is 1. The summed E-state index contributed by atoms with van der Waals surface area (Å²) in [6.07, 6.45) is -5.54. The number of hydrogen-bond acceptors (Lipinski definition) is 4. The Morgan fingerprint density at radius 1 is 1.50 bits per heavy atom. The van der Waals surface area contributed by atoms with Crippen LogP contribution in [0.2, 0.25) is 0 Å². The van der Waals surface area contributed by atoms with Crippen molar-refractivity contribution < 1.29 is 23.1 Å². The van der Waals surface area contributed by atoms with Crippen LogP contribution in [0, 0.1) is 0 Å². The molecule has 1 aromatic heterocycles. The molecule has 0 unspecified atom stereocenters. The van der Waals surface area contributed by atoms with E-state index in [0.29, 0.717) is 0 Å². The summed E-state index contributed by atoms with van der Waals surface area (Å²) in [4.78, 5) is 21.6. The summed E-state index contributed by atoms with van der Waals surface area (Å²) in [5, 5.41) is 14.2. The number of rotatable bonds is 6. The van der Waals surface area contributed by atoms with Gasteiger partial charge in [0.15, 0.2) is 5.16 Å². The van der Waals surface area contributed by atoms with Gasteiger partial charge in [0.25, 0.3) is 0 Å². The van der Waals surface area contributed by atoms with Crippen molar-refractivity contribution in [3.05, 3.63) is 10.5 Å². The lowest BCUT2D eigenvalue weighted by molar-refractivity contribution is -0.136. The number of carboxylic acid groups (broad SMARTS) is 1. The van der Waals surface area contributed by atoms with Gasteiger partial charge < -0.3 is 5.11 Å². The molecule has 0 fully saturated rings. The van der Waals surface area contributed by atoms with Crippen LogP contribution >= 0.6 is 11.8 Å². The molecule has 1 heterocycles. The van der Waals surface area contributed by atoms with E-state index in [-0.39, 0.29) is 23.9 Å². The van der Waals surface area contributed by atoms with Crippen LogP contribution in [0.25, 0.3) is 0 Å². The van der Waals surface area contributed by atoms with Crippen LogP contribution in [0.3, 0.4) is 0 Å². The van der Waals surface area contributed by atoms with Gasteiger partial charge >= 0.3 is 17.8 Å². The quantitative estimate of drug-likeness (QED) is 0.764. The van der Waals surface area contributed by atoms with Crippen molar-refractivity contribution in [1.29, 1.82) is 0 Å². The number of thioether (sulfide) groups is 1. The summed E-state index contributed by atoms with van der Waals surface area (Å²) >= 11 is 0.774. The van der Waals surface area contributed by atoms with Crippen LogP contribution in [-0.4, -0.2) is 37.8 Å². The summed E-state index contributed by atoms with van der Waals surface area (Å²) in [5.74, 6) is -1.42. The zero-order chi connectivity index (χ0) is 13.8. The first kappa shape index (κ1) is 14.6. The van der Waals surface area contributed by atoms with E-state index in [9.17, 15) is 22.8 Å². The fourth-order valence-corrected chi connectivity index (χ4v) is 1.87. The number of hydrogen-bond donors (Lipinski definition) is 2. The molecule has 0 amide bonds. The van der Waals surface area contributed by atoms with Crippen LogP contribution in [0.15, 0.2) is 9.95 Å². The fraction of sp³-hybridized carbons (Fsp3) is 0.625. The number of aromatic nitrogens is 3. The Morgan fingerprint density at radius 2 is 2.17 bits per heavy atom. The normalized spacial score (nSPS) is 11.7. The molecule has 0 spiro atoms. The molecule has 0 aromatic carbocycles. The SMILES string of the molecule is O=C(O)CSc1n[nH]c(=O)n1CCCC(F)(F)F. The molecule has 0 aliphatic rings. The van der Waals surface area contributed by atoms with Crippen molar-refractivity contribution in [2.75, 3.05) is 5.75 Å². The number of carboxylic acids is 1. The second kappa shape index (κ2) is 5.94. The molecule has 0 saturated carbocycles. The molecule has 0 saturated heterocycles. The highest BCUT2D eigenvalue weighted by Gasteiger charge is 2.26. The van der Waals surface area contributed by atoms with E-state index in [1.165, 1.54) is 0 Å². The Labute approximate surface area is 103 Å². The maximum absolute atomic E-state index is 11.9. The van der Waals surface area contributed by atoms with Gasteiger partial charge in [0.2, 0.25) is 0 Å². The van der Waals surface area contributed by atoms with Crippen molar-refractivity contribution >= 4 is 17.7 Å². The van der Waals surface area contributed by atoms with E-state index in [1.807, 2.05) is 0 Å². The first-order valence-electron chi connectivity index (χ1n) is 4.86. The molecular formula is C8H10F3N3O3S. The van der Waals surface area contributed by atoms with E-state index >= 15 is 0 Å². The highest BCUT2D eigenvalue weighted by atomic mass is 32.2. The van der Waals surface area contributed by atoms with Crippen LogP contribution < -0.4 is 5.69 Å². The summed E-state index contributed by atoms with van der Waals surface area (Å²) < 4.78 is 36.8. The van der Waals surface area contributed by atoms with E-state index in [2.05, 4.69) is 10.2 Å². The molecule has 102 valence electrons. The number of carbonyl (C=O) groups is 1. The molecule has 6 nitrogen and oxygen atoms in total. The second-order valence-corrected chi connectivity index (χ2v) is 4.31. The number of alkyl halides is 3. The first-order valence-corrected chi connectivity index (χ1v) is 5.84. The van der Waals surface area contributed by atoms with Gasteiger partial charge in [-0.1, -0.05) is 11.8 Å². The molecule has 1 rings (SSSR count). The van der Waals surface area contributed by atoms with Crippen LogP contribution in [0.4, 0.5) is 13.2 Å². The summed E-state index contributed by atoms with van der Waals surface area (Å²) in [7, 11) is 0. The van der Waals surface area contributed by atoms with Gasteiger partial charge in [-0.05, 0) is 6.42 Å². The standard InChI is InChI=1S/C8H10F3N3O3S/c9-8(10,11)2-1-3-14-6(17)12-13-7(14)18-4-5(15)16/h1-4H2,(H,12,17)(H,15,16). The summed E-state index contributed by atoms with van der Waals surface area (Å²) in [6, 6.07) is 0. The minimum Gasteiger partial charge on any atom is -0.481 e. The fourth-order valence-electron chi connectivity index (χ4n) is 1.17. The Hall–Kier alpha value is -1.45. The lowest BCUT2D eigenvalue weighted by atomic mass is 10.3. The van der Waals surface area contributed by atoms with Gasteiger partial charge in [-0.25, -0.2) is 9.89 Å². The van der Waals surface area contributed by atoms with Gasteiger partial charge in [-0.2, -0.15) is 13.2 Å². The molecule has 1 aromatic rings. The minimum absolute atomic E-state index is 0.0737. The highest BCUT2D eigenvalue weighted by molar-refractivity contribution is 7.99. The molecule has 0 aliphatic carbocycles. The molecule has 0 aliphatic heterocycles. The topological polar surface area (TPSA) is 88.0 Å². The molecular weight excluding hydrogens is 275 g/mol. The lowest BCUT2D eigenvalue weighted by Crippen LogP contribution is -2.19. The van der Waals surface area contributed by atoms with Crippen molar-refractivity contribution in [3.8, 4) is 0 Å². The van der Waals surface area contributed by atoms with E-state index in [0.717, 1.165) is 16.3 Å². The first-order chi connectivity index (χ1) is 8.29. The Morgan fingerprint density at radius 3 is 2.72 bits per heavy atom. The number of halogens is 3. The van der Waals surface area contributed by atoms with Crippen LogP contribution in [0.1, 0.15) is 12.8 Å². The largest absolute Gasteiger partial charge is 0.481 e. The average molecular weight is 285 g/mol. The average Bonchev–Trinajstić information content (AvgIpc) is 2.56. The number of nitrogens with zero attached hydrogens (tertiary/aromatic N) is 2. The zero-order valence-electron chi connectivity index (χ0n) is 9.03. The van der Waals surface area contributed by atoms with E-state index in [1.54, 1.807) is 0 Å². The Kier molecular flexibility index (Phi) is 4.82. The van der Waals surface area contributed by atoms with E-state index < -0.39 is 24.3 Å². The Bertz CT molecular complexity index is 468. The van der Waals surface area contributed by atoms with Gasteiger partial charge in [0, 0.05) is 13.0 Å². The van der Waals surface area contributed by atoms with E-state index in [4.69, 9.17) is 5.11 Å². The summed E-state index contributed by atoms with van der Waals surface area (Å²) in [6.45, 7) is -0.156. The van der Waals surface area contributed by atoms with Crippen molar-refractivity contribution in [3.63, 3.8) is 0 Å². The number of nitrogens with one attached hydrogen (secondary N) is 1. The number of H-pyrrole nitrogens is 1. The van der Waals surface area contributed by atoms with Crippen LogP contribution in [-0.2, 0) is 11.3 Å². The molecule has 18 heavy (non-hydrogen) atoms. The zero-order valence-corrected chi connectivity index (χ0v) is 9.85. The van der Waals surface area contributed by atoms with Crippen LogP contribution in [0.5, 0.6) is 0 Å².